The van der Waals surface area contributed by atoms with Crippen LogP contribution in [-0.4, -0.2) is 20.3 Å². The van der Waals surface area contributed by atoms with Crippen LogP contribution in [-0.2, 0) is 12.8 Å². The Morgan fingerprint density at radius 1 is 1.47 bits per heavy atom. The van der Waals surface area contributed by atoms with Gasteiger partial charge in [-0.1, -0.05) is 6.07 Å². The van der Waals surface area contributed by atoms with E-state index in [9.17, 15) is 0 Å². The van der Waals surface area contributed by atoms with Crippen LogP contribution in [0.25, 0.3) is 0 Å². The lowest BCUT2D eigenvalue weighted by Gasteiger charge is -2.10. The molecule has 1 aromatic rings. The van der Waals surface area contributed by atoms with E-state index in [1.165, 1.54) is 11.1 Å². The summed E-state index contributed by atoms with van der Waals surface area (Å²) in [4.78, 5) is 0. The van der Waals surface area contributed by atoms with Crippen molar-refractivity contribution >= 4 is 0 Å². The zero-order chi connectivity index (χ0) is 10.7. The molecule has 1 aromatic carbocycles. The zero-order valence-electron chi connectivity index (χ0n) is 9.08. The van der Waals surface area contributed by atoms with Crippen molar-refractivity contribution in [3.63, 3.8) is 0 Å². The minimum atomic E-state index is 0.738. The van der Waals surface area contributed by atoms with E-state index in [0.717, 1.165) is 43.9 Å². The summed E-state index contributed by atoms with van der Waals surface area (Å²) in [5.74, 6) is 1.78. The van der Waals surface area contributed by atoms with Crippen molar-refractivity contribution < 1.29 is 9.47 Å². The number of hydrogen-bond acceptors (Lipinski definition) is 3. The molecule has 0 aliphatic carbocycles. The van der Waals surface area contributed by atoms with Gasteiger partial charge in [0.25, 0.3) is 0 Å². The van der Waals surface area contributed by atoms with Gasteiger partial charge >= 0.3 is 0 Å². The number of fused-ring (bicyclic) bond motifs is 1. The standard InChI is InChI=1S/C12H17NO2/c1-14-11-5-4-9(3-2-7-13)10-6-8-15-12(10)11/h4-5H,2-3,6-8,13H2,1H3. The maximum Gasteiger partial charge on any atom is 0.164 e. The second kappa shape index (κ2) is 4.53. The third-order valence-corrected chi connectivity index (χ3v) is 2.79. The van der Waals surface area contributed by atoms with E-state index in [0.29, 0.717) is 0 Å². The molecular weight excluding hydrogens is 190 g/mol. The molecule has 2 N–H and O–H groups in total. The molecule has 0 radical (unpaired) electrons. The van der Waals surface area contributed by atoms with Crippen molar-refractivity contribution in [2.24, 2.45) is 5.73 Å². The average Bonchev–Trinajstić information content (AvgIpc) is 2.74. The highest BCUT2D eigenvalue weighted by Gasteiger charge is 2.20. The second-order valence-electron chi connectivity index (χ2n) is 3.73. The molecule has 0 fully saturated rings. The van der Waals surface area contributed by atoms with Crippen LogP contribution in [0.4, 0.5) is 0 Å². The molecule has 0 saturated carbocycles. The summed E-state index contributed by atoms with van der Waals surface area (Å²) in [7, 11) is 1.68. The normalized spacial score (nSPS) is 13.5. The van der Waals surface area contributed by atoms with Crippen molar-refractivity contribution in [1.29, 1.82) is 0 Å². The van der Waals surface area contributed by atoms with Gasteiger partial charge in [0.2, 0.25) is 0 Å². The third kappa shape index (κ3) is 1.92. The van der Waals surface area contributed by atoms with Gasteiger partial charge in [-0.25, -0.2) is 0 Å². The largest absolute Gasteiger partial charge is 0.493 e. The predicted octanol–water partition coefficient (Wildman–Crippen LogP) is 1.52. The van der Waals surface area contributed by atoms with E-state index in [-0.39, 0.29) is 0 Å². The number of ether oxygens (including phenoxy) is 2. The van der Waals surface area contributed by atoms with Gasteiger partial charge in [0.05, 0.1) is 13.7 Å². The summed E-state index contributed by atoms with van der Waals surface area (Å²) < 4.78 is 10.9. The van der Waals surface area contributed by atoms with E-state index >= 15 is 0 Å². The highest BCUT2D eigenvalue weighted by Crippen LogP contribution is 2.37. The fourth-order valence-electron chi connectivity index (χ4n) is 2.02. The monoisotopic (exact) mass is 207 g/mol. The molecule has 1 aliphatic rings. The highest BCUT2D eigenvalue weighted by molar-refractivity contribution is 5.52. The van der Waals surface area contributed by atoms with Crippen LogP contribution in [0.3, 0.4) is 0 Å². The molecule has 0 bridgehead atoms. The quantitative estimate of drug-likeness (QED) is 0.814. The van der Waals surface area contributed by atoms with Gasteiger partial charge in [-0.2, -0.15) is 0 Å². The van der Waals surface area contributed by atoms with Crippen LogP contribution in [0.2, 0.25) is 0 Å². The lowest BCUT2D eigenvalue weighted by atomic mass is 10.0. The van der Waals surface area contributed by atoms with E-state index in [4.69, 9.17) is 15.2 Å². The maximum atomic E-state index is 5.58. The molecule has 1 aliphatic heterocycles. The molecule has 1 heterocycles. The Bertz CT molecular complexity index is 350. The molecule has 0 atom stereocenters. The number of benzene rings is 1. The van der Waals surface area contributed by atoms with E-state index < -0.39 is 0 Å². The SMILES string of the molecule is COc1ccc(CCCN)c2c1OCC2. The van der Waals surface area contributed by atoms with Crippen LogP contribution >= 0.6 is 0 Å². The molecule has 0 unspecified atom stereocenters. The first-order valence-electron chi connectivity index (χ1n) is 5.38. The summed E-state index contributed by atoms with van der Waals surface area (Å²) >= 11 is 0. The Morgan fingerprint density at radius 3 is 3.07 bits per heavy atom. The number of rotatable bonds is 4. The van der Waals surface area contributed by atoms with Gasteiger partial charge in [0.15, 0.2) is 11.5 Å². The van der Waals surface area contributed by atoms with Gasteiger partial charge in [0.1, 0.15) is 0 Å². The van der Waals surface area contributed by atoms with Gasteiger partial charge < -0.3 is 15.2 Å². The first-order chi connectivity index (χ1) is 7.36. The number of nitrogens with two attached hydrogens (primary N) is 1. The van der Waals surface area contributed by atoms with E-state index in [1.54, 1.807) is 7.11 Å². The minimum absolute atomic E-state index is 0.738. The molecule has 2 rings (SSSR count). The summed E-state index contributed by atoms with van der Waals surface area (Å²) in [5, 5.41) is 0. The topological polar surface area (TPSA) is 44.5 Å². The molecule has 0 amide bonds. The molecule has 3 heteroatoms. The molecule has 82 valence electrons. The lowest BCUT2D eigenvalue weighted by Crippen LogP contribution is -2.02. The average molecular weight is 207 g/mol. The van der Waals surface area contributed by atoms with E-state index in [2.05, 4.69) is 6.07 Å². The lowest BCUT2D eigenvalue weighted by molar-refractivity contribution is 0.326. The van der Waals surface area contributed by atoms with Crippen LogP contribution < -0.4 is 15.2 Å². The summed E-state index contributed by atoms with van der Waals surface area (Å²) in [5.41, 5.74) is 8.19. The smallest absolute Gasteiger partial charge is 0.164 e. The van der Waals surface area contributed by atoms with Crippen molar-refractivity contribution in [2.45, 2.75) is 19.3 Å². The van der Waals surface area contributed by atoms with Gasteiger partial charge in [0, 0.05) is 12.0 Å². The first kappa shape index (κ1) is 10.3. The van der Waals surface area contributed by atoms with Gasteiger partial charge in [-0.3, -0.25) is 0 Å². The summed E-state index contributed by atoms with van der Waals surface area (Å²) in [6, 6.07) is 4.11. The molecule has 0 aromatic heterocycles. The third-order valence-electron chi connectivity index (χ3n) is 2.79. The molecule has 0 saturated heterocycles. The zero-order valence-corrected chi connectivity index (χ0v) is 9.08. The fourth-order valence-corrected chi connectivity index (χ4v) is 2.02. The van der Waals surface area contributed by atoms with Crippen LogP contribution in [0, 0.1) is 0 Å². The Balaban J connectivity index is 2.29. The molecule has 3 nitrogen and oxygen atoms in total. The molecular formula is C12H17NO2. The number of aryl methyl sites for hydroxylation is 1. The van der Waals surface area contributed by atoms with Crippen molar-refractivity contribution in [3.05, 3.63) is 23.3 Å². The maximum absolute atomic E-state index is 5.58. The minimum Gasteiger partial charge on any atom is -0.493 e. The van der Waals surface area contributed by atoms with Crippen LogP contribution in [0.15, 0.2) is 12.1 Å². The van der Waals surface area contributed by atoms with Gasteiger partial charge in [-0.15, -0.1) is 0 Å². The van der Waals surface area contributed by atoms with Crippen LogP contribution in [0.1, 0.15) is 17.5 Å². The van der Waals surface area contributed by atoms with Crippen LogP contribution in [0.5, 0.6) is 11.5 Å². The number of methoxy groups -OCH3 is 1. The Hall–Kier alpha value is -1.22. The van der Waals surface area contributed by atoms with Crippen molar-refractivity contribution in [2.75, 3.05) is 20.3 Å². The molecule has 15 heavy (non-hydrogen) atoms. The van der Waals surface area contributed by atoms with E-state index in [1.807, 2.05) is 6.07 Å². The Labute approximate surface area is 90.2 Å². The predicted molar refractivity (Wildman–Crippen MR) is 59.6 cm³/mol. The van der Waals surface area contributed by atoms with Gasteiger partial charge in [-0.05, 0) is 31.0 Å². The second-order valence-corrected chi connectivity index (χ2v) is 3.73. The fraction of sp³-hybridized carbons (Fsp3) is 0.500. The first-order valence-corrected chi connectivity index (χ1v) is 5.38. The number of hydrogen-bond donors (Lipinski definition) is 1. The summed E-state index contributed by atoms with van der Waals surface area (Å²) in [6.07, 6.45) is 3.05. The Morgan fingerprint density at radius 2 is 2.33 bits per heavy atom. The highest BCUT2D eigenvalue weighted by atomic mass is 16.5. The molecule has 0 spiro atoms. The Kier molecular flexibility index (Phi) is 3.11. The van der Waals surface area contributed by atoms with Crippen molar-refractivity contribution in [3.8, 4) is 11.5 Å². The van der Waals surface area contributed by atoms with Crippen molar-refractivity contribution in [1.82, 2.24) is 0 Å². The summed E-state index contributed by atoms with van der Waals surface area (Å²) in [6.45, 7) is 1.51.